The Balaban J connectivity index is 2.37. The zero-order chi connectivity index (χ0) is 18.7. The Hall–Kier alpha value is -1.60. The molecule has 2 rings (SSSR count). The second-order valence-electron chi connectivity index (χ2n) is 7.43. The molecule has 1 heterocycles. The van der Waals surface area contributed by atoms with Gasteiger partial charge in [0.2, 0.25) is 10.0 Å². The number of carbonyl (C=O) groups excluding carboxylic acids is 1. The number of methoxy groups -OCH3 is 1. The van der Waals surface area contributed by atoms with Gasteiger partial charge in [-0.05, 0) is 51.8 Å². The molecule has 0 radical (unpaired) electrons. The summed E-state index contributed by atoms with van der Waals surface area (Å²) in [5.74, 6) is 0.0981. The number of nitrogens with zero attached hydrogens (tertiary/aromatic N) is 1. The molecule has 7 heteroatoms. The summed E-state index contributed by atoms with van der Waals surface area (Å²) in [5, 5.41) is 0. The Bertz CT molecular complexity index is 715. The first-order valence-electron chi connectivity index (χ1n) is 8.65. The number of likely N-dealkylation sites (tertiary alicyclic amines) is 1. The zero-order valence-electron chi connectivity index (χ0n) is 15.5. The highest BCUT2D eigenvalue weighted by atomic mass is 32.2. The summed E-state index contributed by atoms with van der Waals surface area (Å²) in [5.41, 5.74) is -0.258. The molecule has 1 N–H and O–H groups in total. The molecule has 1 aromatic carbocycles. The zero-order valence-corrected chi connectivity index (χ0v) is 16.3. The number of carbonyl (C=O) groups is 1. The van der Waals surface area contributed by atoms with Crippen LogP contribution in [0.3, 0.4) is 0 Å². The average Bonchev–Trinajstić information content (AvgIpc) is 2.80. The Labute approximate surface area is 150 Å². The van der Waals surface area contributed by atoms with Crippen LogP contribution in [0.25, 0.3) is 0 Å². The summed E-state index contributed by atoms with van der Waals surface area (Å²) in [7, 11) is -2.38. The minimum atomic E-state index is -3.80. The second-order valence-corrected chi connectivity index (χ2v) is 9.08. The maximum absolute atomic E-state index is 12.8. The Morgan fingerprint density at radius 1 is 1.12 bits per heavy atom. The summed E-state index contributed by atoms with van der Waals surface area (Å²) in [6.07, 6.45) is 4.22. The van der Waals surface area contributed by atoms with E-state index in [0.29, 0.717) is 18.7 Å². The molecule has 0 aliphatic carbocycles. The number of hydrogen-bond acceptors (Lipinski definition) is 4. The van der Waals surface area contributed by atoms with Crippen molar-refractivity contribution in [1.29, 1.82) is 0 Å². The third kappa shape index (κ3) is 5.19. The second kappa shape index (κ2) is 7.74. The molecule has 0 saturated carbocycles. The van der Waals surface area contributed by atoms with Gasteiger partial charge in [0.25, 0.3) is 5.91 Å². The lowest BCUT2D eigenvalue weighted by molar-refractivity contribution is 0.0761. The normalized spacial score (nSPS) is 16.4. The van der Waals surface area contributed by atoms with E-state index < -0.39 is 15.6 Å². The van der Waals surface area contributed by atoms with Crippen LogP contribution in [-0.4, -0.2) is 45.0 Å². The topological polar surface area (TPSA) is 75.7 Å². The molecule has 25 heavy (non-hydrogen) atoms. The van der Waals surface area contributed by atoms with Crippen molar-refractivity contribution in [2.24, 2.45) is 0 Å². The van der Waals surface area contributed by atoms with Crippen LogP contribution in [0.4, 0.5) is 0 Å². The highest BCUT2D eigenvalue weighted by Crippen LogP contribution is 2.27. The maximum atomic E-state index is 12.8. The van der Waals surface area contributed by atoms with Gasteiger partial charge >= 0.3 is 0 Å². The molecular weight excluding hydrogens is 340 g/mol. The van der Waals surface area contributed by atoms with Gasteiger partial charge in [0.15, 0.2) is 0 Å². The Morgan fingerprint density at radius 3 is 2.24 bits per heavy atom. The molecule has 1 fully saturated rings. The first-order chi connectivity index (χ1) is 11.6. The first-order valence-corrected chi connectivity index (χ1v) is 10.1. The van der Waals surface area contributed by atoms with E-state index in [0.717, 1.165) is 25.7 Å². The van der Waals surface area contributed by atoms with Gasteiger partial charge in [-0.3, -0.25) is 4.79 Å². The lowest BCUT2D eigenvalue weighted by atomic mass is 10.1. The van der Waals surface area contributed by atoms with Crippen LogP contribution in [0.1, 0.15) is 56.8 Å². The maximum Gasteiger partial charge on any atom is 0.253 e. The van der Waals surface area contributed by atoms with Crippen LogP contribution in [-0.2, 0) is 10.0 Å². The van der Waals surface area contributed by atoms with Crippen LogP contribution in [0, 0.1) is 0 Å². The van der Waals surface area contributed by atoms with E-state index in [-0.39, 0.29) is 16.6 Å². The number of benzene rings is 1. The molecule has 1 saturated heterocycles. The lowest BCUT2D eigenvalue weighted by Gasteiger charge is -2.23. The summed E-state index contributed by atoms with van der Waals surface area (Å²) < 4.78 is 33.2. The Kier molecular flexibility index (Phi) is 6.11. The molecule has 6 nitrogen and oxygen atoms in total. The van der Waals surface area contributed by atoms with Gasteiger partial charge in [-0.2, -0.15) is 0 Å². The lowest BCUT2D eigenvalue weighted by Crippen LogP contribution is -2.40. The van der Waals surface area contributed by atoms with E-state index in [2.05, 4.69) is 4.72 Å². The van der Waals surface area contributed by atoms with E-state index in [1.54, 1.807) is 32.9 Å². The molecular formula is C18H28N2O4S. The quantitative estimate of drug-likeness (QED) is 0.887. The van der Waals surface area contributed by atoms with E-state index in [9.17, 15) is 13.2 Å². The number of sulfonamides is 1. The van der Waals surface area contributed by atoms with Gasteiger partial charge in [-0.1, -0.05) is 12.8 Å². The molecule has 1 aromatic rings. The van der Waals surface area contributed by atoms with Gasteiger partial charge in [-0.25, -0.2) is 13.1 Å². The summed E-state index contributed by atoms with van der Waals surface area (Å²) >= 11 is 0. The minimum Gasteiger partial charge on any atom is -0.495 e. The van der Waals surface area contributed by atoms with Gasteiger partial charge < -0.3 is 9.64 Å². The van der Waals surface area contributed by atoms with Crippen LogP contribution in [0.2, 0.25) is 0 Å². The van der Waals surface area contributed by atoms with Crippen LogP contribution in [0.15, 0.2) is 23.1 Å². The number of nitrogens with one attached hydrogen (secondary N) is 1. The van der Waals surface area contributed by atoms with Crippen molar-refractivity contribution in [3.63, 3.8) is 0 Å². The predicted octanol–water partition coefficient (Wildman–Crippen LogP) is 2.79. The number of hydrogen-bond donors (Lipinski definition) is 1. The molecule has 0 aromatic heterocycles. The predicted molar refractivity (Wildman–Crippen MR) is 97.4 cm³/mol. The standard InChI is InChI=1S/C18H28N2O4S/c1-18(2,3)19-25(22,23)16-13-14(9-10-15(16)24-4)17(21)20-11-7-5-6-8-12-20/h9-10,13,19H,5-8,11-12H2,1-4H3. The van der Waals surface area contributed by atoms with Gasteiger partial charge in [0.1, 0.15) is 10.6 Å². The molecule has 0 bridgehead atoms. The molecule has 1 aliphatic rings. The van der Waals surface area contributed by atoms with Crippen molar-refractivity contribution >= 4 is 15.9 Å². The van der Waals surface area contributed by atoms with Gasteiger partial charge in [0, 0.05) is 24.2 Å². The monoisotopic (exact) mass is 368 g/mol. The van der Waals surface area contributed by atoms with Crippen molar-refractivity contribution in [1.82, 2.24) is 9.62 Å². The van der Waals surface area contributed by atoms with Crippen LogP contribution in [0.5, 0.6) is 5.75 Å². The number of ether oxygens (including phenoxy) is 1. The van der Waals surface area contributed by atoms with Crippen molar-refractivity contribution in [3.8, 4) is 5.75 Å². The summed E-state index contributed by atoms with van der Waals surface area (Å²) in [6, 6.07) is 4.59. The molecule has 0 unspecified atom stereocenters. The van der Waals surface area contributed by atoms with E-state index in [1.807, 2.05) is 4.90 Å². The molecule has 140 valence electrons. The highest BCUT2D eigenvalue weighted by Gasteiger charge is 2.27. The summed E-state index contributed by atoms with van der Waals surface area (Å²) in [6.45, 7) is 6.73. The molecule has 1 aliphatic heterocycles. The van der Waals surface area contributed by atoms with Gasteiger partial charge in [-0.15, -0.1) is 0 Å². The fourth-order valence-electron chi connectivity index (χ4n) is 2.93. The number of rotatable bonds is 4. The highest BCUT2D eigenvalue weighted by molar-refractivity contribution is 7.89. The number of amides is 1. The van der Waals surface area contributed by atoms with E-state index in [1.165, 1.54) is 13.2 Å². The third-order valence-corrected chi connectivity index (χ3v) is 5.81. The smallest absolute Gasteiger partial charge is 0.253 e. The molecule has 0 spiro atoms. The fraction of sp³-hybridized carbons (Fsp3) is 0.611. The van der Waals surface area contributed by atoms with E-state index in [4.69, 9.17) is 4.74 Å². The largest absolute Gasteiger partial charge is 0.495 e. The van der Waals surface area contributed by atoms with Crippen molar-refractivity contribution in [2.75, 3.05) is 20.2 Å². The SMILES string of the molecule is COc1ccc(C(=O)N2CCCCCC2)cc1S(=O)(=O)NC(C)(C)C. The van der Waals surface area contributed by atoms with Crippen LogP contribution >= 0.6 is 0 Å². The molecule has 1 amide bonds. The summed E-state index contributed by atoms with van der Waals surface area (Å²) in [4.78, 5) is 14.6. The first kappa shape index (κ1) is 19.7. The average molecular weight is 368 g/mol. The molecule has 0 atom stereocenters. The fourth-order valence-corrected chi connectivity index (χ4v) is 4.55. The van der Waals surface area contributed by atoms with Crippen molar-refractivity contribution in [3.05, 3.63) is 23.8 Å². The van der Waals surface area contributed by atoms with E-state index >= 15 is 0 Å². The van der Waals surface area contributed by atoms with Crippen LogP contribution < -0.4 is 9.46 Å². The van der Waals surface area contributed by atoms with Crippen molar-refractivity contribution in [2.45, 2.75) is 56.9 Å². The third-order valence-electron chi connectivity index (χ3n) is 4.03. The van der Waals surface area contributed by atoms with Crippen molar-refractivity contribution < 1.29 is 17.9 Å². The Morgan fingerprint density at radius 2 is 1.72 bits per heavy atom. The van der Waals surface area contributed by atoms with Gasteiger partial charge in [0.05, 0.1) is 7.11 Å². The minimum absolute atomic E-state index is 0.00871.